The summed E-state index contributed by atoms with van der Waals surface area (Å²) in [7, 11) is 0. The molecule has 19 heavy (non-hydrogen) atoms. The second kappa shape index (κ2) is 9.66. The van der Waals surface area contributed by atoms with Crippen molar-refractivity contribution in [3.63, 3.8) is 0 Å². The van der Waals surface area contributed by atoms with Gasteiger partial charge < -0.3 is 0 Å². The third kappa shape index (κ3) is 6.19. The van der Waals surface area contributed by atoms with Crippen molar-refractivity contribution < 1.29 is 0 Å². The SMILES string of the molecule is CCCCCCC(CCCC)c1ccc(Cl)c(Cl)c1. The zero-order valence-electron chi connectivity index (χ0n) is 12.2. The lowest BCUT2D eigenvalue weighted by molar-refractivity contribution is 0.509. The minimum absolute atomic E-state index is 0.645. The molecule has 0 nitrogen and oxygen atoms in total. The summed E-state index contributed by atoms with van der Waals surface area (Å²) < 4.78 is 0. The Morgan fingerprint density at radius 2 is 1.53 bits per heavy atom. The minimum Gasteiger partial charge on any atom is -0.0827 e. The van der Waals surface area contributed by atoms with Crippen molar-refractivity contribution in [3.05, 3.63) is 33.8 Å². The number of rotatable bonds is 9. The van der Waals surface area contributed by atoms with E-state index >= 15 is 0 Å². The molecule has 0 saturated carbocycles. The third-order valence-corrected chi connectivity index (χ3v) is 4.47. The first kappa shape index (κ1) is 16.9. The lowest BCUT2D eigenvalue weighted by Crippen LogP contribution is -1.99. The molecule has 0 radical (unpaired) electrons. The van der Waals surface area contributed by atoms with Crippen LogP contribution < -0.4 is 0 Å². The van der Waals surface area contributed by atoms with E-state index in [1.165, 1.54) is 56.9 Å². The fourth-order valence-corrected chi connectivity index (χ4v) is 2.82. The smallest absolute Gasteiger partial charge is 0.0595 e. The predicted molar refractivity (Wildman–Crippen MR) is 87.5 cm³/mol. The van der Waals surface area contributed by atoms with Gasteiger partial charge in [-0.25, -0.2) is 0 Å². The number of benzene rings is 1. The summed E-state index contributed by atoms with van der Waals surface area (Å²) in [5.74, 6) is 0.645. The van der Waals surface area contributed by atoms with Gasteiger partial charge in [0, 0.05) is 0 Å². The highest BCUT2D eigenvalue weighted by molar-refractivity contribution is 6.42. The molecule has 0 aliphatic heterocycles. The van der Waals surface area contributed by atoms with Gasteiger partial charge in [0.05, 0.1) is 10.0 Å². The van der Waals surface area contributed by atoms with Crippen LogP contribution in [0.1, 0.15) is 76.7 Å². The third-order valence-electron chi connectivity index (χ3n) is 3.73. The van der Waals surface area contributed by atoms with Gasteiger partial charge in [-0.05, 0) is 36.5 Å². The first-order valence-corrected chi connectivity index (χ1v) is 8.39. The largest absolute Gasteiger partial charge is 0.0827 e. The topological polar surface area (TPSA) is 0 Å². The van der Waals surface area contributed by atoms with Gasteiger partial charge in [0.2, 0.25) is 0 Å². The summed E-state index contributed by atoms with van der Waals surface area (Å²) in [6, 6.07) is 6.14. The summed E-state index contributed by atoms with van der Waals surface area (Å²) in [6.07, 6.45) is 10.4. The van der Waals surface area contributed by atoms with E-state index in [0.717, 1.165) is 0 Å². The monoisotopic (exact) mass is 300 g/mol. The van der Waals surface area contributed by atoms with E-state index < -0.39 is 0 Å². The lowest BCUT2D eigenvalue weighted by Gasteiger charge is -2.18. The summed E-state index contributed by atoms with van der Waals surface area (Å²) >= 11 is 12.1. The maximum Gasteiger partial charge on any atom is 0.0595 e. The predicted octanol–water partition coefficient (Wildman–Crippen LogP) is 7.24. The van der Waals surface area contributed by atoms with E-state index in [9.17, 15) is 0 Å². The highest BCUT2D eigenvalue weighted by Gasteiger charge is 2.12. The zero-order valence-corrected chi connectivity index (χ0v) is 13.7. The number of hydrogen-bond acceptors (Lipinski definition) is 0. The van der Waals surface area contributed by atoms with Crippen LogP contribution in [0.2, 0.25) is 10.0 Å². The van der Waals surface area contributed by atoms with E-state index in [0.29, 0.717) is 16.0 Å². The van der Waals surface area contributed by atoms with E-state index in [1.54, 1.807) is 0 Å². The number of halogens is 2. The molecular weight excluding hydrogens is 275 g/mol. The molecule has 0 aliphatic rings. The summed E-state index contributed by atoms with van der Waals surface area (Å²) in [4.78, 5) is 0. The van der Waals surface area contributed by atoms with Crippen LogP contribution in [0.25, 0.3) is 0 Å². The van der Waals surface area contributed by atoms with Gasteiger partial charge >= 0.3 is 0 Å². The van der Waals surface area contributed by atoms with Crippen molar-refractivity contribution in [1.82, 2.24) is 0 Å². The Bertz CT molecular complexity index is 360. The Kier molecular flexibility index (Phi) is 8.57. The van der Waals surface area contributed by atoms with Gasteiger partial charge in [-0.3, -0.25) is 0 Å². The second-order valence-electron chi connectivity index (χ2n) is 5.36. The van der Waals surface area contributed by atoms with Crippen LogP contribution in [0.4, 0.5) is 0 Å². The van der Waals surface area contributed by atoms with Gasteiger partial charge in [-0.1, -0.05) is 81.6 Å². The van der Waals surface area contributed by atoms with Crippen molar-refractivity contribution in [2.75, 3.05) is 0 Å². The molecular formula is C17H26Cl2. The molecule has 2 heteroatoms. The van der Waals surface area contributed by atoms with Crippen LogP contribution in [0.5, 0.6) is 0 Å². The Balaban J connectivity index is 2.63. The molecule has 0 spiro atoms. The van der Waals surface area contributed by atoms with Crippen LogP contribution in [-0.4, -0.2) is 0 Å². The Hall–Kier alpha value is -0.200. The Morgan fingerprint density at radius 1 is 0.842 bits per heavy atom. The standard InChI is InChI=1S/C17H26Cl2/c1-3-5-7-8-10-14(9-6-4-2)15-11-12-16(18)17(19)13-15/h11-14H,3-10H2,1-2H3. The van der Waals surface area contributed by atoms with Crippen molar-refractivity contribution in [1.29, 1.82) is 0 Å². The van der Waals surface area contributed by atoms with Crippen molar-refractivity contribution in [2.45, 2.75) is 71.1 Å². The normalized spacial score (nSPS) is 12.6. The highest BCUT2D eigenvalue weighted by atomic mass is 35.5. The maximum absolute atomic E-state index is 6.14. The molecule has 108 valence electrons. The fraction of sp³-hybridized carbons (Fsp3) is 0.647. The summed E-state index contributed by atoms with van der Waals surface area (Å²) in [6.45, 7) is 4.51. The average Bonchev–Trinajstić information content (AvgIpc) is 2.41. The molecule has 0 amide bonds. The van der Waals surface area contributed by atoms with Crippen LogP contribution >= 0.6 is 23.2 Å². The van der Waals surface area contributed by atoms with Gasteiger partial charge in [-0.2, -0.15) is 0 Å². The van der Waals surface area contributed by atoms with Gasteiger partial charge in [0.15, 0.2) is 0 Å². The van der Waals surface area contributed by atoms with E-state index in [-0.39, 0.29) is 0 Å². The quantitative estimate of drug-likeness (QED) is 0.422. The van der Waals surface area contributed by atoms with Crippen molar-refractivity contribution >= 4 is 23.2 Å². The van der Waals surface area contributed by atoms with E-state index in [2.05, 4.69) is 26.0 Å². The second-order valence-corrected chi connectivity index (χ2v) is 6.18. The zero-order chi connectivity index (χ0) is 14.1. The minimum atomic E-state index is 0.645. The average molecular weight is 301 g/mol. The molecule has 1 aromatic rings. The van der Waals surface area contributed by atoms with Crippen LogP contribution in [0.15, 0.2) is 18.2 Å². The Morgan fingerprint density at radius 3 is 2.16 bits per heavy atom. The first-order chi connectivity index (χ1) is 9.19. The fourth-order valence-electron chi connectivity index (χ4n) is 2.51. The Labute approximate surface area is 128 Å². The molecule has 0 saturated heterocycles. The van der Waals surface area contributed by atoms with Gasteiger partial charge in [0.25, 0.3) is 0 Å². The summed E-state index contributed by atoms with van der Waals surface area (Å²) in [5.41, 5.74) is 1.36. The molecule has 1 rings (SSSR count). The molecule has 0 heterocycles. The molecule has 0 aliphatic carbocycles. The molecule has 0 bridgehead atoms. The van der Waals surface area contributed by atoms with E-state index in [4.69, 9.17) is 23.2 Å². The molecule has 0 N–H and O–H groups in total. The lowest BCUT2D eigenvalue weighted by atomic mass is 9.88. The number of unbranched alkanes of at least 4 members (excludes halogenated alkanes) is 4. The molecule has 0 aromatic heterocycles. The summed E-state index contributed by atoms with van der Waals surface area (Å²) in [5, 5.41) is 1.35. The van der Waals surface area contributed by atoms with Crippen molar-refractivity contribution in [3.8, 4) is 0 Å². The van der Waals surface area contributed by atoms with Crippen LogP contribution in [0, 0.1) is 0 Å². The highest BCUT2D eigenvalue weighted by Crippen LogP contribution is 2.32. The van der Waals surface area contributed by atoms with Crippen LogP contribution in [0.3, 0.4) is 0 Å². The van der Waals surface area contributed by atoms with E-state index in [1.807, 2.05) is 6.07 Å². The molecule has 0 fully saturated rings. The molecule has 1 atom stereocenters. The van der Waals surface area contributed by atoms with Crippen molar-refractivity contribution in [2.24, 2.45) is 0 Å². The molecule has 1 aromatic carbocycles. The first-order valence-electron chi connectivity index (χ1n) is 7.64. The number of hydrogen-bond donors (Lipinski definition) is 0. The molecule has 1 unspecified atom stereocenters. The van der Waals surface area contributed by atoms with Gasteiger partial charge in [-0.15, -0.1) is 0 Å². The van der Waals surface area contributed by atoms with Crippen LogP contribution in [-0.2, 0) is 0 Å². The van der Waals surface area contributed by atoms with Gasteiger partial charge in [0.1, 0.15) is 0 Å². The maximum atomic E-state index is 6.14.